The largest absolute Gasteiger partial charge is 0.464 e. The van der Waals surface area contributed by atoms with E-state index in [0.717, 1.165) is 19.3 Å². The van der Waals surface area contributed by atoms with Gasteiger partial charge in [0.1, 0.15) is 11.5 Å². The van der Waals surface area contributed by atoms with Crippen LogP contribution in [0.2, 0.25) is 0 Å². The number of pyridine rings is 1. The smallest absolute Gasteiger partial charge is 0.358 e. The molecular formula is C16H17FN4O2. The lowest BCUT2D eigenvalue weighted by Gasteiger charge is -2.48. The van der Waals surface area contributed by atoms with Crippen LogP contribution in [0.1, 0.15) is 35.4 Å². The van der Waals surface area contributed by atoms with E-state index in [-0.39, 0.29) is 11.5 Å². The summed E-state index contributed by atoms with van der Waals surface area (Å²) in [6, 6.07) is 6.23. The number of carbonyl (C=O) groups excluding carboxylic acids is 1. The van der Waals surface area contributed by atoms with E-state index in [9.17, 15) is 9.18 Å². The molecule has 120 valence electrons. The molecule has 1 saturated carbocycles. The second-order valence-electron chi connectivity index (χ2n) is 5.55. The summed E-state index contributed by atoms with van der Waals surface area (Å²) >= 11 is 0. The SMILES string of the molecule is COC(=O)c1ccc(N(C)C2(c3ncccc3F)CCC2)nn1. The Bertz CT molecular complexity index is 716. The van der Waals surface area contributed by atoms with Crippen molar-refractivity contribution in [2.45, 2.75) is 24.8 Å². The highest BCUT2D eigenvalue weighted by molar-refractivity contribution is 5.87. The molecule has 1 fully saturated rings. The van der Waals surface area contributed by atoms with Gasteiger partial charge in [-0.3, -0.25) is 4.98 Å². The van der Waals surface area contributed by atoms with Crippen LogP contribution < -0.4 is 4.90 Å². The number of anilines is 1. The van der Waals surface area contributed by atoms with Crippen molar-refractivity contribution in [1.82, 2.24) is 15.2 Å². The molecule has 0 spiro atoms. The van der Waals surface area contributed by atoms with Crippen LogP contribution in [0, 0.1) is 5.82 Å². The first-order valence-corrected chi connectivity index (χ1v) is 7.35. The third-order valence-electron chi connectivity index (χ3n) is 4.41. The first-order chi connectivity index (χ1) is 11.1. The van der Waals surface area contributed by atoms with Crippen molar-refractivity contribution in [1.29, 1.82) is 0 Å². The van der Waals surface area contributed by atoms with E-state index in [4.69, 9.17) is 0 Å². The Morgan fingerprint density at radius 3 is 2.61 bits per heavy atom. The number of nitrogens with zero attached hydrogens (tertiary/aromatic N) is 4. The van der Waals surface area contributed by atoms with E-state index in [2.05, 4.69) is 19.9 Å². The van der Waals surface area contributed by atoms with E-state index in [0.29, 0.717) is 11.5 Å². The van der Waals surface area contributed by atoms with Gasteiger partial charge in [0, 0.05) is 13.2 Å². The fourth-order valence-corrected chi connectivity index (χ4v) is 2.91. The minimum atomic E-state index is -0.541. The highest BCUT2D eigenvalue weighted by Gasteiger charge is 2.46. The second kappa shape index (κ2) is 5.91. The molecule has 2 aromatic rings. The zero-order valence-corrected chi connectivity index (χ0v) is 13.0. The Morgan fingerprint density at radius 2 is 2.09 bits per heavy atom. The van der Waals surface area contributed by atoms with Crippen LogP contribution in [-0.4, -0.2) is 35.3 Å². The standard InChI is InChI=1S/C16H17FN4O2/c1-21(13-7-6-12(19-20-13)15(22)23-2)16(8-4-9-16)14-11(17)5-3-10-18-14/h3,5-7,10H,4,8-9H2,1-2H3. The molecule has 0 saturated heterocycles. The molecule has 0 N–H and O–H groups in total. The third-order valence-corrected chi connectivity index (χ3v) is 4.41. The van der Waals surface area contributed by atoms with Crippen LogP contribution in [0.4, 0.5) is 10.2 Å². The lowest BCUT2D eigenvalue weighted by molar-refractivity contribution is 0.0592. The number of aromatic nitrogens is 3. The molecule has 6 nitrogen and oxygen atoms in total. The highest BCUT2D eigenvalue weighted by atomic mass is 19.1. The maximum Gasteiger partial charge on any atom is 0.358 e. The first-order valence-electron chi connectivity index (χ1n) is 7.35. The molecule has 1 aliphatic rings. The highest BCUT2D eigenvalue weighted by Crippen LogP contribution is 2.47. The van der Waals surface area contributed by atoms with Gasteiger partial charge in [-0.15, -0.1) is 10.2 Å². The molecule has 0 amide bonds. The average molecular weight is 316 g/mol. The lowest BCUT2D eigenvalue weighted by atomic mass is 9.72. The van der Waals surface area contributed by atoms with Gasteiger partial charge < -0.3 is 9.64 Å². The van der Waals surface area contributed by atoms with E-state index in [1.165, 1.54) is 13.2 Å². The molecule has 7 heteroatoms. The Kier molecular flexibility index (Phi) is 3.94. The molecule has 1 aliphatic carbocycles. The normalized spacial score (nSPS) is 15.6. The number of rotatable bonds is 4. The topological polar surface area (TPSA) is 68.2 Å². The van der Waals surface area contributed by atoms with Crippen LogP contribution in [-0.2, 0) is 10.3 Å². The van der Waals surface area contributed by atoms with Gasteiger partial charge in [-0.05, 0) is 43.5 Å². The molecule has 2 heterocycles. The maximum atomic E-state index is 14.2. The summed E-state index contributed by atoms with van der Waals surface area (Å²) in [5.74, 6) is -0.304. The number of methoxy groups -OCH3 is 1. The van der Waals surface area contributed by atoms with E-state index in [1.807, 2.05) is 11.9 Å². The minimum absolute atomic E-state index is 0.135. The summed E-state index contributed by atoms with van der Waals surface area (Å²) in [7, 11) is 3.13. The van der Waals surface area contributed by atoms with Gasteiger partial charge in [0.05, 0.1) is 12.6 Å². The summed E-state index contributed by atoms with van der Waals surface area (Å²) < 4.78 is 18.8. The molecule has 3 rings (SSSR count). The van der Waals surface area contributed by atoms with Gasteiger partial charge in [-0.2, -0.15) is 0 Å². The fourth-order valence-electron chi connectivity index (χ4n) is 2.91. The molecule has 2 aromatic heterocycles. The Labute approximate surface area is 133 Å². The van der Waals surface area contributed by atoms with Crippen molar-refractivity contribution in [3.8, 4) is 0 Å². The van der Waals surface area contributed by atoms with Crippen LogP contribution in [0.3, 0.4) is 0 Å². The zero-order chi connectivity index (χ0) is 16.4. The number of hydrogen-bond acceptors (Lipinski definition) is 6. The van der Waals surface area contributed by atoms with Crippen molar-refractivity contribution in [3.63, 3.8) is 0 Å². The lowest BCUT2D eigenvalue weighted by Crippen LogP contribution is -2.51. The Balaban J connectivity index is 1.93. The van der Waals surface area contributed by atoms with Crippen LogP contribution in [0.15, 0.2) is 30.5 Å². The molecular weight excluding hydrogens is 299 g/mol. The molecule has 0 aromatic carbocycles. The van der Waals surface area contributed by atoms with Crippen molar-refractivity contribution in [3.05, 3.63) is 47.7 Å². The van der Waals surface area contributed by atoms with Crippen LogP contribution >= 0.6 is 0 Å². The third kappa shape index (κ3) is 2.52. The molecule has 23 heavy (non-hydrogen) atoms. The summed E-state index contributed by atoms with van der Waals surface area (Å²) in [6.45, 7) is 0. The maximum absolute atomic E-state index is 14.2. The monoisotopic (exact) mass is 316 g/mol. The second-order valence-corrected chi connectivity index (χ2v) is 5.55. The molecule has 0 bridgehead atoms. The molecule has 0 unspecified atom stereocenters. The summed E-state index contributed by atoms with van der Waals surface area (Å²) in [5, 5.41) is 7.95. The van der Waals surface area contributed by atoms with E-state index >= 15 is 0 Å². The van der Waals surface area contributed by atoms with Gasteiger partial charge >= 0.3 is 5.97 Å². The molecule has 0 radical (unpaired) electrons. The Hall–Kier alpha value is -2.57. The zero-order valence-electron chi connectivity index (χ0n) is 13.0. The van der Waals surface area contributed by atoms with Gasteiger partial charge in [-0.1, -0.05) is 0 Å². The number of halogens is 1. The van der Waals surface area contributed by atoms with Gasteiger partial charge in [-0.25, -0.2) is 9.18 Å². The first kappa shape index (κ1) is 15.3. The summed E-state index contributed by atoms with van der Waals surface area (Å²) in [6.07, 6.45) is 4.17. The Morgan fingerprint density at radius 1 is 1.30 bits per heavy atom. The summed E-state index contributed by atoms with van der Waals surface area (Å²) in [5.41, 5.74) is 0.0382. The summed E-state index contributed by atoms with van der Waals surface area (Å²) in [4.78, 5) is 17.6. The molecule has 0 atom stereocenters. The van der Waals surface area contributed by atoms with E-state index in [1.54, 1.807) is 24.4 Å². The predicted octanol–water partition coefficient (Wildman–Crippen LogP) is 2.31. The van der Waals surface area contributed by atoms with Crippen LogP contribution in [0.5, 0.6) is 0 Å². The average Bonchev–Trinajstić information content (AvgIpc) is 2.55. The molecule has 0 aliphatic heterocycles. The van der Waals surface area contributed by atoms with Crippen molar-refractivity contribution in [2.24, 2.45) is 0 Å². The number of hydrogen-bond donors (Lipinski definition) is 0. The van der Waals surface area contributed by atoms with Gasteiger partial charge in [0.25, 0.3) is 0 Å². The number of esters is 1. The quantitative estimate of drug-likeness (QED) is 0.806. The van der Waals surface area contributed by atoms with Crippen molar-refractivity contribution < 1.29 is 13.9 Å². The number of ether oxygens (including phenoxy) is 1. The number of carbonyl (C=O) groups is 1. The fraction of sp³-hybridized carbons (Fsp3) is 0.375. The van der Waals surface area contributed by atoms with Gasteiger partial charge in [0.2, 0.25) is 0 Å². The van der Waals surface area contributed by atoms with Gasteiger partial charge in [0.15, 0.2) is 11.5 Å². The van der Waals surface area contributed by atoms with Crippen molar-refractivity contribution >= 4 is 11.8 Å². The van der Waals surface area contributed by atoms with Crippen molar-refractivity contribution in [2.75, 3.05) is 19.1 Å². The predicted molar refractivity (Wildman–Crippen MR) is 81.5 cm³/mol. The van der Waals surface area contributed by atoms with E-state index < -0.39 is 11.5 Å². The minimum Gasteiger partial charge on any atom is -0.464 e. The van der Waals surface area contributed by atoms with Crippen LogP contribution in [0.25, 0.3) is 0 Å².